The summed E-state index contributed by atoms with van der Waals surface area (Å²) in [6.07, 6.45) is -3.65. The minimum atomic E-state index is -1.23. The van der Waals surface area contributed by atoms with Gasteiger partial charge in [0.2, 0.25) is 6.29 Å². The minimum Gasteiger partial charge on any atom is -0.485 e. The van der Waals surface area contributed by atoms with Crippen LogP contribution in [-0.2, 0) is 20.7 Å². The number of aromatic amines is 1. The zero-order valence-corrected chi connectivity index (χ0v) is 32.7. The first-order chi connectivity index (χ1) is 27.1. The van der Waals surface area contributed by atoms with Crippen LogP contribution in [0.5, 0.6) is 11.5 Å². The average molecular weight is 783 g/mol. The smallest absolute Gasteiger partial charge is 0.274 e. The SMILES string of the molecule is Cc1cccc2c(OC3CC(O)C(O)C(CO)O3)cc3c(c12)CCN3C(=O)c1cc2cc(NC(=O)c3ccc(OC(C)(C)COC(C)(C)CON)cc3)ccc2[nH]1. The van der Waals surface area contributed by atoms with Crippen molar-refractivity contribution in [1.29, 1.82) is 0 Å². The summed E-state index contributed by atoms with van der Waals surface area (Å²) >= 11 is 0. The maximum atomic E-state index is 14.2. The van der Waals surface area contributed by atoms with E-state index in [0.29, 0.717) is 53.7 Å². The summed E-state index contributed by atoms with van der Waals surface area (Å²) in [6.45, 7) is 10.1. The number of hydrogen-bond donors (Lipinski definition) is 6. The molecule has 2 aliphatic heterocycles. The van der Waals surface area contributed by atoms with Crippen molar-refractivity contribution in [2.24, 2.45) is 5.90 Å². The molecule has 14 heteroatoms. The molecule has 5 aromatic rings. The lowest BCUT2D eigenvalue weighted by Gasteiger charge is -2.36. The van der Waals surface area contributed by atoms with Crippen LogP contribution in [0.4, 0.5) is 11.4 Å². The number of aliphatic hydroxyl groups is 3. The molecule has 2 aliphatic rings. The Hall–Kier alpha value is -5.06. The third kappa shape index (κ3) is 8.62. The van der Waals surface area contributed by atoms with Crippen molar-refractivity contribution in [3.63, 3.8) is 0 Å². The quantitative estimate of drug-likeness (QED) is 0.0866. The van der Waals surface area contributed by atoms with Crippen LogP contribution in [-0.4, -0.2) is 94.3 Å². The normalized spacial score (nSPS) is 19.8. The number of nitrogens with two attached hydrogens (primary N) is 1. The summed E-state index contributed by atoms with van der Waals surface area (Å²) in [6, 6.07) is 21.7. The van der Waals surface area contributed by atoms with Crippen molar-refractivity contribution in [3.05, 3.63) is 95.2 Å². The largest absolute Gasteiger partial charge is 0.485 e. The van der Waals surface area contributed by atoms with Gasteiger partial charge >= 0.3 is 0 Å². The minimum absolute atomic E-state index is 0.00448. The molecule has 0 saturated carbocycles. The third-order valence-corrected chi connectivity index (χ3v) is 10.4. The number of nitrogens with one attached hydrogen (secondary N) is 2. The van der Waals surface area contributed by atoms with Gasteiger partial charge in [-0.15, -0.1) is 0 Å². The molecule has 4 unspecified atom stereocenters. The van der Waals surface area contributed by atoms with Gasteiger partial charge in [0.15, 0.2) is 0 Å². The van der Waals surface area contributed by atoms with Crippen molar-refractivity contribution in [2.75, 3.05) is 36.6 Å². The number of amides is 2. The number of rotatable bonds is 13. The van der Waals surface area contributed by atoms with E-state index in [1.807, 2.05) is 71.0 Å². The Morgan fingerprint density at radius 2 is 1.77 bits per heavy atom. The van der Waals surface area contributed by atoms with Crippen LogP contribution in [0.1, 0.15) is 66.1 Å². The van der Waals surface area contributed by atoms with Gasteiger partial charge in [-0.1, -0.05) is 18.2 Å². The van der Waals surface area contributed by atoms with Crippen molar-refractivity contribution in [3.8, 4) is 11.5 Å². The van der Waals surface area contributed by atoms with E-state index in [2.05, 4.69) is 10.3 Å². The highest BCUT2D eigenvalue weighted by Gasteiger charge is 2.38. The van der Waals surface area contributed by atoms with Gasteiger partial charge in [-0.2, -0.15) is 0 Å². The lowest BCUT2D eigenvalue weighted by molar-refractivity contribution is -0.229. The Morgan fingerprint density at radius 1 is 1.00 bits per heavy atom. The molecule has 0 spiro atoms. The first-order valence-electron chi connectivity index (χ1n) is 19.0. The molecule has 0 bridgehead atoms. The Morgan fingerprint density at radius 3 is 2.51 bits per heavy atom. The number of benzene rings is 4. The van der Waals surface area contributed by atoms with Gasteiger partial charge < -0.3 is 54.3 Å². The number of aliphatic hydroxyl groups excluding tert-OH is 3. The first-order valence-corrected chi connectivity index (χ1v) is 19.0. The molecule has 0 radical (unpaired) electrons. The first kappa shape index (κ1) is 40.1. The van der Waals surface area contributed by atoms with Gasteiger partial charge in [-0.25, -0.2) is 5.90 Å². The van der Waals surface area contributed by atoms with E-state index in [9.17, 15) is 24.9 Å². The molecule has 302 valence electrons. The van der Waals surface area contributed by atoms with Gasteiger partial charge in [-0.05, 0) is 106 Å². The molecule has 7 rings (SSSR count). The van der Waals surface area contributed by atoms with E-state index in [0.717, 1.165) is 32.8 Å². The standard InChI is InChI=1S/C43H50N4O10/c1-24-7-6-8-30-35(55-37-20-34(49)39(50)36(21-48)56-37)19-33-29(38(24)30)15-16-47(33)41(52)32-18-26-17-27(11-14-31(26)46-32)45-40(51)25-9-12-28(13-10-25)57-43(4,5)22-53-42(2,3)23-54-44/h6-14,17-19,34,36-37,39,46,48-50H,15-16,20-23,44H2,1-5H3,(H,45,51). The zero-order chi connectivity index (χ0) is 40.6. The highest BCUT2D eigenvalue weighted by atomic mass is 16.7. The maximum Gasteiger partial charge on any atom is 0.274 e. The van der Waals surface area contributed by atoms with E-state index < -0.39 is 42.4 Å². The lowest BCUT2D eigenvalue weighted by atomic mass is 9.97. The molecule has 14 nitrogen and oxygen atoms in total. The Balaban J connectivity index is 1.05. The van der Waals surface area contributed by atoms with Crippen molar-refractivity contribution < 1.29 is 48.7 Å². The van der Waals surface area contributed by atoms with Crippen LogP contribution >= 0.6 is 0 Å². The van der Waals surface area contributed by atoms with E-state index in [1.54, 1.807) is 41.3 Å². The van der Waals surface area contributed by atoms with E-state index in [1.165, 1.54) is 0 Å². The van der Waals surface area contributed by atoms with Crippen molar-refractivity contribution in [1.82, 2.24) is 4.98 Å². The predicted octanol–water partition coefficient (Wildman–Crippen LogP) is 5.14. The fourth-order valence-corrected chi connectivity index (χ4v) is 7.43. The molecular weight excluding hydrogens is 732 g/mol. The number of carbonyl (C=O) groups excluding carboxylic acids is 2. The van der Waals surface area contributed by atoms with Crippen LogP contribution in [0.15, 0.2) is 72.8 Å². The molecule has 2 amide bonds. The maximum absolute atomic E-state index is 14.2. The second kappa shape index (κ2) is 16.1. The highest BCUT2D eigenvalue weighted by molar-refractivity contribution is 6.12. The van der Waals surface area contributed by atoms with Crippen molar-refractivity contribution in [2.45, 2.75) is 83.3 Å². The average Bonchev–Trinajstić information content (AvgIpc) is 3.80. The number of aryl methyl sites for hydroxylation is 1. The summed E-state index contributed by atoms with van der Waals surface area (Å²) < 4.78 is 24.2. The number of anilines is 2. The van der Waals surface area contributed by atoms with Gasteiger partial charge in [0.05, 0.1) is 37.2 Å². The molecule has 0 aliphatic carbocycles. The number of hydrogen-bond acceptors (Lipinski definition) is 11. The second-order valence-corrected chi connectivity index (χ2v) is 16.0. The van der Waals surface area contributed by atoms with Gasteiger partial charge in [0, 0.05) is 46.6 Å². The highest BCUT2D eigenvalue weighted by Crippen LogP contribution is 2.43. The molecule has 4 aromatic carbocycles. The van der Waals surface area contributed by atoms with Crippen LogP contribution in [0, 0.1) is 6.92 Å². The number of fused-ring (bicyclic) bond motifs is 4. The predicted molar refractivity (Wildman–Crippen MR) is 215 cm³/mol. The number of ether oxygens (including phenoxy) is 4. The topological polar surface area (TPSA) is 198 Å². The van der Waals surface area contributed by atoms with Crippen LogP contribution < -0.4 is 25.6 Å². The molecule has 57 heavy (non-hydrogen) atoms. The molecule has 1 fully saturated rings. The molecule has 4 atom stereocenters. The number of aromatic nitrogens is 1. The van der Waals surface area contributed by atoms with Crippen LogP contribution in [0.2, 0.25) is 0 Å². The molecule has 7 N–H and O–H groups in total. The molecule has 3 heterocycles. The Kier molecular flexibility index (Phi) is 11.3. The summed E-state index contributed by atoms with van der Waals surface area (Å²) in [5.41, 5.74) is 3.63. The number of H-pyrrole nitrogens is 1. The van der Waals surface area contributed by atoms with Gasteiger partial charge in [0.1, 0.15) is 35.0 Å². The fourth-order valence-electron chi connectivity index (χ4n) is 7.43. The van der Waals surface area contributed by atoms with E-state index in [4.69, 9.17) is 29.7 Å². The third-order valence-electron chi connectivity index (χ3n) is 10.4. The van der Waals surface area contributed by atoms with E-state index in [-0.39, 0.29) is 24.8 Å². The zero-order valence-electron chi connectivity index (χ0n) is 32.7. The molecule has 1 aromatic heterocycles. The summed E-state index contributed by atoms with van der Waals surface area (Å²) in [4.78, 5) is 37.1. The lowest BCUT2D eigenvalue weighted by Crippen LogP contribution is -2.51. The number of nitrogens with zero attached hydrogens (tertiary/aromatic N) is 1. The summed E-state index contributed by atoms with van der Waals surface area (Å²) in [7, 11) is 0. The van der Waals surface area contributed by atoms with Crippen LogP contribution in [0.3, 0.4) is 0 Å². The Bertz CT molecular complexity index is 2270. The Labute approximate surface area is 330 Å². The van der Waals surface area contributed by atoms with Gasteiger partial charge in [0.25, 0.3) is 11.8 Å². The number of carbonyl (C=O) groups is 2. The molecule has 1 saturated heterocycles. The van der Waals surface area contributed by atoms with E-state index >= 15 is 0 Å². The van der Waals surface area contributed by atoms with Crippen molar-refractivity contribution >= 4 is 44.9 Å². The summed E-state index contributed by atoms with van der Waals surface area (Å²) in [5, 5.41) is 35.9. The van der Waals surface area contributed by atoms with Crippen LogP contribution in [0.25, 0.3) is 21.7 Å². The fraction of sp³-hybridized carbons (Fsp3) is 0.395. The second-order valence-electron chi connectivity index (χ2n) is 16.0. The van der Waals surface area contributed by atoms with Gasteiger partial charge in [-0.3, -0.25) is 9.59 Å². The molecular formula is C43H50N4O10. The monoisotopic (exact) mass is 782 g/mol. The summed E-state index contributed by atoms with van der Waals surface area (Å²) in [5.74, 6) is 5.72.